The van der Waals surface area contributed by atoms with Crippen molar-refractivity contribution in [2.75, 3.05) is 19.7 Å². The summed E-state index contributed by atoms with van der Waals surface area (Å²) in [7, 11) is 0. The third kappa shape index (κ3) is 2.86. The van der Waals surface area contributed by atoms with Gasteiger partial charge in [0.25, 0.3) is 0 Å². The van der Waals surface area contributed by atoms with Crippen molar-refractivity contribution >= 4 is 5.97 Å². The summed E-state index contributed by atoms with van der Waals surface area (Å²) >= 11 is 0. The number of rotatable bonds is 5. The number of aliphatic hydroxyl groups is 1. The second-order valence-electron chi connectivity index (χ2n) is 2.82. The zero-order valence-corrected chi connectivity index (χ0v) is 6.36. The first-order valence-electron chi connectivity index (χ1n) is 3.80. The van der Waals surface area contributed by atoms with Crippen molar-refractivity contribution in [3.05, 3.63) is 0 Å². The minimum absolute atomic E-state index is 0.0454. The van der Waals surface area contributed by atoms with Crippen LogP contribution in [0.5, 0.6) is 0 Å². The van der Waals surface area contributed by atoms with Crippen molar-refractivity contribution in [3.63, 3.8) is 0 Å². The van der Waals surface area contributed by atoms with Crippen LogP contribution in [0.1, 0.15) is 12.8 Å². The number of hydrogen-bond acceptors (Lipinski definition) is 3. The summed E-state index contributed by atoms with van der Waals surface area (Å²) in [5, 5.41) is 17.1. The highest BCUT2D eigenvalue weighted by atomic mass is 16.4. The molecule has 4 heteroatoms. The minimum Gasteiger partial charge on any atom is -0.480 e. The summed E-state index contributed by atoms with van der Waals surface area (Å²) in [4.78, 5) is 12.1. The van der Waals surface area contributed by atoms with Gasteiger partial charge in [0.05, 0.1) is 13.2 Å². The van der Waals surface area contributed by atoms with Gasteiger partial charge in [0.1, 0.15) is 0 Å². The fourth-order valence-corrected chi connectivity index (χ4v) is 1.13. The Hall–Kier alpha value is -0.610. The summed E-state index contributed by atoms with van der Waals surface area (Å²) in [5.41, 5.74) is 0. The molecule has 1 fully saturated rings. The highest BCUT2D eigenvalue weighted by Gasteiger charge is 2.29. The lowest BCUT2D eigenvalue weighted by molar-refractivity contribution is -0.138. The molecular formula is C7H13NO3. The zero-order valence-electron chi connectivity index (χ0n) is 6.36. The maximum atomic E-state index is 10.3. The van der Waals surface area contributed by atoms with Gasteiger partial charge >= 0.3 is 5.97 Å². The van der Waals surface area contributed by atoms with E-state index in [0.717, 1.165) is 12.8 Å². The fraction of sp³-hybridized carbons (Fsp3) is 0.857. The molecule has 1 aliphatic carbocycles. The second kappa shape index (κ2) is 3.69. The lowest BCUT2D eigenvalue weighted by Gasteiger charge is -2.17. The number of nitrogens with zero attached hydrogens (tertiary/aromatic N) is 1. The largest absolute Gasteiger partial charge is 0.480 e. The fourth-order valence-electron chi connectivity index (χ4n) is 1.13. The average Bonchev–Trinajstić information content (AvgIpc) is 2.66. The van der Waals surface area contributed by atoms with Crippen LogP contribution in [0.4, 0.5) is 0 Å². The van der Waals surface area contributed by atoms with Crippen molar-refractivity contribution in [2.24, 2.45) is 0 Å². The van der Waals surface area contributed by atoms with Gasteiger partial charge in [-0.1, -0.05) is 0 Å². The molecule has 1 aliphatic rings. The Bertz CT molecular complexity index is 145. The van der Waals surface area contributed by atoms with E-state index in [9.17, 15) is 4.79 Å². The van der Waals surface area contributed by atoms with Gasteiger partial charge in [-0.2, -0.15) is 0 Å². The molecule has 4 nitrogen and oxygen atoms in total. The van der Waals surface area contributed by atoms with E-state index in [-0.39, 0.29) is 13.2 Å². The quantitative estimate of drug-likeness (QED) is 0.569. The smallest absolute Gasteiger partial charge is 0.317 e. The molecule has 2 N–H and O–H groups in total. The van der Waals surface area contributed by atoms with Crippen molar-refractivity contribution in [1.82, 2.24) is 4.90 Å². The van der Waals surface area contributed by atoms with E-state index in [4.69, 9.17) is 10.2 Å². The molecule has 0 spiro atoms. The van der Waals surface area contributed by atoms with Crippen LogP contribution in [0, 0.1) is 0 Å². The molecule has 1 rings (SSSR count). The van der Waals surface area contributed by atoms with Crippen LogP contribution in [0.25, 0.3) is 0 Å². The molecule has 11 heavy (non-hydrogen) atoms. The molecule has 0 atom stereocenters. The summed E-state index contributed by atoms with van der Waals surface area (Å²) in [5.74, 6) is -0.814. The van der Waals surface area contributed by atoms with Crippen LogP contribution in [0.2, 0.25) is 0 Å². The molecule has 0 amide bonds. The number of aliphatic carboxylic acids is 1. The van der Waals surface area contributed by atoms with E-state index < -0.39 is 5.97 Å². The van der Waals surface area contributed by atoms with Gasteiger partial charge in [-0.25, -0.2) is 0 Å². The Balaban J connectivity index is 2.26. The summed E-state index contributed by atoms with van der Waals surface area (Å²) in [6, 6.07) is 0.415. The van der Waals surface area contributed by atoms with Gasteiger partial charge in [-0.15, -0.1) is 0 Å². The van der Waals surface area contributed by atoms with E-state index in [0.29, 0.717) is 12.6 Å². The molecule has 0 saturated heterocycles. The van der Waals surface area contributed by atoms with E-state index in [1.807, 2.05) is 4.90 Å². The lowest BCUT2D eigenvalue weighted by Crippen LogP contribution is -2.34. The first-order valence-corrected chi connectivity index (χ1v) is 3.80. The lowest BCUT2D eigenvalue weighted by atomic mass is 10.4. The maximum absolute atomic E-state index is 10.3. The Morgan fingerprint density at radius 3 is 2.55 bits per heavy atom. The molecule has 0 heterocycles. The first kappa shape index (κ1) is 8.49. The number of hydrogen-bond donors (Lipinski definition) is 2. The molecule has 1 saturated carbocycles. The van der Waals surface area contributed by atoms with Gasteiger partial charge in [-0.3, -0.25) is 9.69 Å². The highest BCUT2D eigenvalue weighted by Crippen LogP contribution is 2.25. The van der Waals surface area contributed by atoms with Crippen molar-refractivity contribution in [2.45, 2.75) is 18.9 Å². The van der Waals surface area contributed by atoms with Gasteiger partial charge in [-0.05, 0) is 12.8 Å². The van der Waals surface area contributed by atoms with E-state index in [2.05, 4.69) is 0 Å². The molecule has 0 aliphatic heterocycles. The Morgan fingerprint density at radius 2 is 2.18 bits per heavy atom. The first-order chi connectivity index (χ1) is 5.24. The third-order valence-electron chi connectivity index (χ3n) is 1.79. The highest BCUT2D eigenvalue weighted by molar-refractivity contribution is 5.69. The Kier molecular flexibility index (Phi) is 2.84. The van der Waals surface area contributed by atoms with Crippen molar-refractivity contribution in [1.29, 1.82) is 0 Å². The molecular weight excluding hydrogens is 146 g/mol. The van der Waals surface area contributed by atoms with Crippen LogP contribution in [0.15, 0.2) is 0 Å². The van der Waals surface area contributed by atoms with Gasteiger partial charge in [0.15, 0.2) is 0 Å². The molecule has 0 aromatic carbocycles. The van der Waals surface area contributed by atoms with Crippen LogP contribution in [-0.4, -0.2) is 46.8 Å². The predicted octanol–water partition coefficient (Wildman–Crippen LogP) is -0.472. The predicted molar refractivity (Wildman–Crippen MR) is 39.3 cm³/mol. The monoisotopic (exact) mass is 159 g/mol. The molecule has 0 radical (unpaired) electrons. The molecule has 64 valence electrons. The topological polar surface area (TPSA) is 60.8 Å². The summed E-state index contributed by atoms with van der Waals surface area (Å²) in [6.07, 6.45) is 2.15. The van der Waals surface area contributed by atoms with Gasteiger partial charge in [0.2, 0.25) is 0 Å². The van der Waals surface area contributed by atoms with Gasteiger partial charge < -0.3 is 10.2 Å². The number of carbonyl (C=O) groups is 1. The Labute approximate surface area is 65.4 Å². The molecule has 0 aromatic heterocycles. The van der Waals surface area contributed by atoms with Crippen LogP contribution in [-0.2, 0) is 4.79 Å². The molecule has 0 aromatic rings. The molecule has 0 unspecified atom stereocenters. The summed E-state index contributed by atoms with van der Waals surface area (Å²) in [6.45, 7) is 0.589. The number of carboxylic acids is 1. The molecule has 0 bridgehead atoms. The maximum Gasteiger partial charge on any atom is 0.317 e. The van der Waals surface area contributed by atoms with E-state index >= 15 is 0 Å². The number of aliphatic hydroxyl groups excluding tert-OH is 1. The third-order valence-corrected chi connectivity index (χ3v) is 1.79. The van der Waals surface area contributed by atoms with Crippen molar-refractivity contribution in [3.8, 4) is 0 Å². The number of carboxylic acid groups (broad SMARTS) is 1. The zero-order chi connectivity index (χ0) is 8.27. The average molecular weight is 159 g/mol. The van der Waals surface area contributed by atoms with Gasteiger partial charge in [0, 0.05) is 12.6 Å². The second-order valence-corrected chi connectivity index (χ2v) is 2.82. The standard InChI is InChI=1S/C7H13NO3/c9-4-3-8(5-7(10)11)6-1-2-6/h6,9H,1-5H2,(H,10,11). The Morgan fingerprint density at radius 1 is 1.55 bits per heavy atom. The van der Waals surface area contributed by atoms with Crippen LogP contribution < -0.4 is 0 Å². The SMILES string of the molecule is O=C(O)CN(CCO)C1CC1. The normalized spacial score (nSPS) is 17.3. The van der Waals surface area contributed by atoms with E-state index in [1.54, 1.807) is 0 Å². The minimum atomic E-state index is -0.814. The van der Waals surface area contributed by atoms with Crippen LogP contribution in [0.3, 0.4) is 0 Å². The van der Waals surface area contributed by atoms with Crippen molar-refractivity contribution < 1.29 is 15.0 Å². The van der Waals surface area contributed by atoms with E-state index in [1.165, 1.54) is 0 Å². The van der Waals surface area contributed by atoms with Crippen LogP contribution >= 0.6 is 0 Å². The summed E-state index contributed by atoms with van der Waals surface area (Å²) < 4.78 is 0.